The molecule has 7 nitrogen and oxygen atoms in total. The summed E-state index contributed by atoms with van der Waals surface area (Å²) in [5.74, 6) is 1.88. The van der Waals surface area contributed by atoms with Crippen LogP contribution >= 0.6 is 0 Å². The molecule has 1 N–H and O–H groups in total. The first-order valence-corrected chi connectivity index (χ1v) is 12.0. The number of fused-ring (bicyclic) bond motifs is 3. The van der Waals surface area contributed by atoms with E-state index in [1.807, 2.05) is 47.6 Å². The van der Waals surface area contributed by atoms with Crippen molar-refractivity contribution >= 4 is 16.9 Å². The van der Waals surface area contributed by atoms with Gasteiger partial charge in [-0.05, 0) is 42.9 Å². The summed E-state index contributed by atoms with van der Waals surface area (Å²) in [7, 11) is 0. The van der Waals surface area contributed by atoms with E-state index in [9.17, 15) is 9.90 Å². The van der Waals surface area contributed by atoms with E-state index in [2.05, 4.69) is 26.6 Å². The first-order valence-electron chi connectivity index (χ1n) is 12.0. The summed E-state index contributed by atoms with van der Waals surface area (Å²) < 4.78 is 7.98. The van der Waals surface area contributed by atoms with E-state index in [0.29, 0.717) is 25.0 Å². The normalized spacial score (nSPS) is 27.6. The molecule has 1 amide bonds. The van der Waals surface area contributed by atoms with Crippen molar-refractivity contribution in [1.29, 1.82) is 0 Å². The number of hydrogen-bond acceptors (Lipinski definition) is 5. The summed E-state index contributed by atoms with van der Waals surface area (Å²) in [6.45, 7) is 4.02. The Morgan fingerprint density at radius 2 is 1.85 bits per heavy atom. The number of carbonyl (C=O) groups excluding carboxylic acids is 1. The van der Waals surface area contributed by atoms with Crippen molar-refractivity contribution in [3.8, 4) is 5.75 Å². The van der Waals surface area contributed by atoms with E-state index in [4.69, 9.17) is 4.74 Å². The first-order chi connectivity index (χ1) is 16.2. The highest BCUT2D eigenvalue weighted by atomic mass is 16.5. The van der Waals surface area contributed by atoms with Gasteiger partial charge in [-0.2, -0.15) is 0 Å². The zero-order valence-electron chi connectivity index (χ0n) is 18.7. The van der Waals surface area contributed by atoms with Gasteiger partial charge in [-0.25, -0.2) is 4.98 Å². The lowest BCUT2D eigenvalue weighted by molar-refractivity contribution is -0.131. The van der Waals surface area contributed by atoms with Crippen LogP contribution in [-0.2, 0) is 11.3 Å². The molecule has 0 radical (unpaired) electrons. The number of aliphatic hydroxyl groups is 1. The minimum atomic E-state index is -0.418. The largest absolute Gasteiger partial charge is 0.492 e. The maximum Gasteiger partial charge on any atom is 0.236 e. The molecule has 3 aliphatic rings. The standard InChI is InChI=1S/C26H30N4O3/c31-24-12-20-15-29(26(32)16-28-9-10-33-25-8-4-1-5-18(25)13-28)14-19(20)11-23(24)30-17-27-21-6-2-3-7-22(21)30/h1-8,17,19-20,23-24,31H,9-16H2/t19-,20+,23-,24-/m1/s1. The minimum Gasteiger partial charge on any atom is -0.492 e. The fourth-order valence-electron chi connectivity index (χ4n) is 5.96. The predicted octanol–water partition coefficient (Wildman–Crippen LogP) is 2.70. The van der Waals surface area contributed by atoms with Crippen molar-refractivity contribution < 1.29 is 14.6 Å². The maximum absolute atomic E-state index is 13.2. The number of carbonyl (C=O) groups is 1. The summed E-state index contributed by atoms with van der Waals surface area (Å²) in [6, 6.07) is 16.2. The predicted molar refractivity (Wildman–Crippen MR) is 125 cm³/mol. The molecule has 1 aromatic heterocycles. The molecule has 1 aliphatic carbocycles. The summed E-state index contributed by atoms with van der Waals surface area (Å²) in [5, 5.41) is 11.0. The summed E-state index contributed by atoms with van der Waals surface area (Å²) in [6.07, 6.45) is 3.05. The summed E-state index contributed by atoms with van der Waals surface area (Å²) >= 11 is 0. The number of nitrogens with zero attached hydrogens (tertiary/aromatic N) is 4. The van der Waals surface area contributed by atoms with Gasteiger partial charge in [0.25, 0.3) is 0 Å². The Hall–Kier alpha value is -2.90. The molecule has 1 saturated heterocycles. The van der Waals surface area contributed by atoms with Crippen molar-refractivity contribution in [2.45, 2.75) is 31.5 Å². The molecule has 7 heteroatoms. The number of aliphatic hydroxyl groups excluding tert-OH is 1. The van der Waals surface area contributed by atoms with Crippen molar-refractivity contribution in [1.82, 2.24) is 19.4 Å². The average molecular weight is 447 g/mol. The number of imidazole rings is 1. The number of para-hydroxylation sites is 3. The molecule has 2 fully saturated rings. The Kier molecular flexibility index (Phi) is 5.31. The molecular formula is C26H30N4O3. The van der Waals surface area contributed by atoms with Crippen molar-refractivity contribution in [2.75, 3.05) is 32.8 Å². The van der Waals surface area contributed by atoms with Gasteiger partial charge < -0.3 is 19.3 Å². The smallest absolute Gasteiger partial charge is 0.236 e. The molecule has 0 bridgehead atoms. The molecule has 2 aromatic carbocycles. The Morgan fingerprint density at radius 1 is 1.06 bits per heavy atom. The van der Waals surface area contributed by atoms with Crippen LogP contribution in [0.4, 0.5) is 0 Å². The van der Waals surface area contributed by atoms with E-state index in [-0.39, 0.29) is 11.9 Å². The number of likely N-dealkylation sites (tertiary alicyclic amines) is 1. The number of ether oxygens (including phenoxy) is 1. The minimum absolute atomic E-state index is 0.00737. The molecule has 3 aromatic rings. The summed E-state index contributed by atoms with van der Waals surface area (Å²) in [5.41, 5.74) is 3.16. The van der Waals surface area contributed by atoms with Crippen molar-refractivity contribution in [2.24, 2.45) is 11.8 Å². The molecule has 2 aliphatic heterocycles. The highest BCUT2D eigenvalue weighted by Crippen LogP contribution is 2.42. The van der Waals surface area contributed by atoms with Gasteiger partial charge >= 0.3 is 0 Å². The molecular weight excluding hydrogens is 416 g/mol. The fourth-order valence-corrected chi connectivity index (χ4v) is 5.96. The Labute approximate surface area is 193 Å². The van der Waals surface area contributed by atoms with Crippen molar-refractivity contribution in [3.05, 3.63) is 60.4 Å². The lowest BCUT2D eigenvalue weighted by Crippen LogP contribution is -2.40. The fraction of sp³-hybridized carbons (Fsp3) is 0.462. The van der Waals surface area contributed by atoms with E-state index >= 15 is 0 Å². The molecule has 33 heavy (non-hydrogen) atoms. The van der Waals surface area contributed by atoms with Gasteiger partial charge in [-0.1, -0.05) is 30.3 Å². The van der Waals surface area contributed by atoms with E-state index in [1.54, 1.807) is 0 Å². The number of rotatable bonds is 3. The van der Waals surface area contributed by atoms with Gasteiger partial charge in [-0.15, -0.1) is 0 Å². The molecule has 0 spiro atoms. The van der Waals surface area contributed by atoms with Gasteiger partial charge in [0.05, 0.1) is 36.1 Å². The van der Waals surface area contributed by atoms with Crippen LogP contribution in [0.15, 0.2) is 54.9 Å². The van der Waals surface area contributed by atoms with Crippen LogP contribution < -0.4 is 4.74 Å². The quantitative estimate of drug-likeness (QED) is 0.670. The molecule has 3 heterocycles. The van der Waals surface area contributed by atoms with Crippen molar-refractivity contribution in [3.63, 3.8) is 0 Å². The maximum atomic E-state index is 13.2. The second kappa shape index (κ2) is 8.47. The Morgan fingerprint density at radius 3 is 2.76 bits per heavy atom. The van der Waals surface area contributed by atoms with Gasteiger partial charge in [0.15, 0.2) is 0 Å². The van der Waals surface area contributed by atoms with Crippen LogP contribution in [0.3, 0.4) is 0 Å². The number of aromatic nitrogens is 2. The Bertz CT molecular complexity index is 1160. The van der Waals surface area contributed by atoms with Gasteiger partial charge in [0.2, 0.25) is 5.91 Å². The van der Waals surface area contributed by atoms with Crippen LogP contribution in [0.1, 0.15) is 24.4 Å². The van der Waals surface area contributed by atoms with Gasteiger partial charge in [-0.3, -0.25) is 9.69 Å². The zero-order valence-corrected chi connectivity index (χ0v) is 18.7. The van der Waals surface area contributed by atoms with Crippen LogP contribution in [0, 0.1) is 11.8 Å². The third-order valence-electron chi connectivity index (χ3n) is 7.69. The molecule has 1 saturated carbocycles. The zero-order chi connectivity index (χ0) is 22.4. The third kappa shape index (κ3) is 3.89. The molecule has 172 valence electrons. The third-order valence-corrected chi connectivity index (χ3v) is 7.69. The lowest BCUT2D eigenvalue weighted by Gasteiger charge is -2.36. The number of amides is 1. The van der Waals surface area contributed by atoms with Crippen LogP contribution in [-0.4, -0.2) is 69.3 Å². The number of benzene rings is 2. The van der Waals surface area contributed by atoms with Crippen LogP contribution in [0.25, 0.3) is 11.0 Å². The molecule has 0 unspecified atom stereocenters. The lowest BCUT2D eigenvalue weighted by atomic mass is 9.77. The van der Waals surface area contributed by atoms with Crippen LogP contribution in [0.2, 0.25) is 0 Å². The second-order valence-electron chi connectivity index (χ2n) is 9.73. The highest BCUT2D eigenvalue weighted by molar-refractivity contribution is 5.78. The second-order valence-corrected chi connectivity index (χ2v) is 9.73. The SMILES string of the molecule is O=C(CN1CCOc2ccccc2C1)N1C[C@H]2C[C@@H](n3cnc4ccccc43)[C@H](O)C[C@H]2C1. The average Bonchev–Trinajstić information content (AvgIpc) is 3.37. The first kappa shape index (κ1) is 20.7. The van der Waals surface area contributed by atoms with E-state index < -0.39 is 6.10 Å². The van der Waals surface area contributed by atoms with Gasteiger partial charge in [0.1, 0.15) is 12.4 Å². The number of hydrogen-bond donors (Lipinski definition) is 1. The Balaban J connectivity index is 1.12. The highest BCUT2D eigenvalue weighted by Gasteiger charge is 2.43. The molecule has 6 rings (SSSR count). The molecule has 4 atom stereocenters. The van der Waals surface area contributed by atoms with Crippen LogP contribution in [0.5, 0.6) is 5.75 Å². The topological polar surface area (TPSA) is 70.8 Å². The van der Waals surface area contributed by atoms with E-state index in [1.165, 1.54) is 0 Å². The van der Waals surface area contributed by atoms with E-state index in [0.717, 1.165) is 61.4 Å². The summed E-state index contributed by atoms with van der Waals surface area (Å²) in [4.78, 5) is 21.9. The van der Waals surface area contributed by atoms with Gasteiger partial charge in [0, 0.05) is 31.7 Å². The monoisotopic (exact) mass is 446 g/mol.